The fourth-order valence-electron chi connectivity index (χ4n) is 2.27. The Morgan fingerprint density at radius 1 is 1.16 bits per heavy atom. The van der Waals surface area contributed by atoms with E-state index in [1.165, 1.54) is 6.39 Å². The Labute approximate surface area is 143 Å². The van der Waals surface area contributed by atoms with E-state index >= 15 is 0 Å². The van der Waals surface area contributed by atoms with Crippen molar-refractivity contribution in [3.8, 4) is 11.5 Å². The molecule has 3 rings (SSSR count). The summed E-state index contributed by atoms with van der Waals surface area (Å²) in [6.07, 6.45) is 1.23. The first kappa shape index (κ1) is 16.4. The molecule has 0 saturated carbocycles. The van der Waals surface area contributed by atoms with Crippen LogP contribution in [0.15, 0.2) is 41.1 Å². The number of hydrogen-bond acceptors (Lipinski definition) is 6. The molecule has 2 N–H and O–H groups in total. The normalized spacial score (nSPS) is 10.5. The number of benzene rings is 1. The first-order valence-electron chi connectivity index (χ1n) is 7.50. The Morgan fingerprint density at radius 2 is 1.92 bits per heavy atom. The highest BCUT2D eigenvalue weighted by Crippen LogP contribution is 2.16. The van der Waals surface area contributed by atoms with Gasteiger partial charge in [-0.15, -0.1) is 10.2 Å². The lowest BCUT2D eigenvalue weighted by Crippen LogP contribution is -2.43. The number of aromatic nitrogens is 4. The molecule has 2 heterocycles. The zero-order chi connectivity index (χ0) is 17.8. The predicted molar refractivity (Wildman–Crippen MR) is 87.0 cm³/mol. The largest absolute Gasteiger partial charge is 0.423 e. The van der Waals surface area contributed by atoms with Crippen molar-refractivity contribution < 1.29 is 14.0 Å². The number of nitrogens with one attached hydrogen (secondary N) is 2. The van der Waals surface area contributed by atoms with Crippen LogP contribution in [-0.4, -0.2) is 31.8 Å². The van der Waals surface area contributed by atoms with Gasteiger partial charge in [-0.1, -0.05) is 0 Å². The van der Waals surface area contributed by atoms with Crippen molar-refractivity contribution in [1.29, 1.82) is 0 Å². The van der Waals surface area contributed by atoms with Crippen LogP contribution in [0.4, 0.5) is 0 Å². The van der Waals surface area contributed by atoms with Crippen LogP contribution >= 0.6 is 0 Å². The number of aryl methyl sites for hydroxylation is 2. The van der Waals surface area contributed by atoms with Crippen LogP contribution in [0.5, 0.6) is 0 Å². The predicted octanol–water partition coefficient (Wildman–Crippen LogP) is 1.01. The summed E-state index contributed by atoms with van der Waals surface area (Å²) < 4.78 is 6.64. The minimum absolute atomic E-state index is 0.0239. The topological polar surface area (TPSA) is 115 Å². The van der Waals surface area contributed by atoms with Gasteiger partial charge in [0.25, 0.3) is 11.8 Å². The second-order valence-corrected chi connectivity index (χ2v) is 5.41. The van der Waals surface area contributed by atoms with Crippen molar-refractivity contribution in [2.75, 3.05) is 0 Å². The summed E-state index contributed by atoms with van der Waals surface area (Å²) in [6.45, 7) is 3.73. The number of hydrazine groups is 1. The molecule has 0 bridgehead atoms. The van der Waals surface area contributed by atoms with Crippen LogP contribution in [0.25, 0.3) is 11.5 Å². The standard InChI is InChI=1S/C16H16N6O3/c1-10-7-11(2)22(21-10)8-14(23)18-19-15(24)12-3-5-13(6-4-12)16-20-17-9-25-16/h3-7,9H,8H2,1-2H3,(H,18,23)(H,19,24). The summed E-state index contributed by atoms with van der Waals surface area (Å²) in [7, 11) is 0. The third kappa shape index (κ3) is 3.89. The van der Waals surface area contributed by atoms with Gasteiger partial charge in [0, 0.05) is 16.8 Å². The SMILES string of the molecule is Cc1cc(C)n(CC(=O)NNC(=O)c2ccc(-c3nnco3)cc2)n1. The molecule has 0 spiro atoms. The third-order valence-corrected chi connectivity index (χ3v) is 3.47. The molecule has 1 aromatic carbocycles. The van der Waals surface area contributed by atoms with Gasteiger partial charge in [0.1, 0.15) is 6.54 Å². The Kier molecular flexibility index (Phi) is 4.55. The summed E-state index contributed by atoms with van der Waals surface area (Å²) in [5.41, 5.74) is 7.52. The molecule has 0 radical (unpaired) electrons. The number of carbonyl (C=O) groups excluding carboxylic acids is 2. The fraction of sp³-hybridized carbons (Fsp3) is 0.188. The minimum Gasteiger partial charge on any atom is -0.423 e. The van der Waals surface area contributed by atoms with Crippen LogP contribution in [-0.2, 0) is 11.3 Å². The van der Waals surface area contributed by atoms with E-state index in [1.54, 1.807) is 28.9 Å². The summed E-state index contributed by atoms with van der Waals surface area (Å²) in [5.74, 6) is -0.439. The smallest absolute Gasteiger partial charge is 0.269 e. The van der Waals surface area contributed by atoms with Crippen molar-refractivity contribution in [2.45, 2.75) is 20.4 Å². The monoisotopic (exact) mass is 340 g/mol. The lowest BCUT2D eigenvalue weighted by molar-refractivity contribution is -0.122. The van der Waals surface area contributed by atoms with Crippen LogP contribution < -0.4 is 10.9 Å². The van der Waals surface area contributed by atoms with Crippen LogP contribution in [0.2, 0.25) is 0 Å². The highest BCUT2D eigenvalue weighted by atomic mass is 16.4. The number of nitrogens with zero attached hydrogens (tertiary/aromatic N) is 4. The molecule has 2 amide bonds. The van der Waals surface area contributed by atoms with Gasteiger partial charge in [0.2, 0.25) is 12.3 Å². The lowest BCUT2D eigenvalue weighted by Gasteiger charge is -2.08. The van der Waals surface area contributed by atoms with E-state index in [2.05, 4.69) is 26.1 Å². The lowest BCUT2D eigenvalue weighted by atomic mass is 10.1. The Morgan fingerprint density at radius 3 is 2.52 bits per heavy atom. The fourth-order valence-corrected chi connectivity index (χ4v) is 2.27. The minimum atomic E-state index is -0.432. The molecule has 25 heavy (non-hydrogen) atoms. The molecule has 2 aromatic heterocycles. The van der Waals surface area contributed by atoms with Gasteiger partial charge < -0.3 is 4.42 Å². The van der Waals surface area contributed by atoms with Crippen molar-refractivity contribution in [3.05, 3.63) is 53.7 Å². The Bertz CT molecular complexity index is 883. The molecule has 0 aliphatic carbocycles. The Hall–Kier alpha value is -3.49. The average Bonchev–Trinajstić information content (AvgIpc) is 3.23. The molecule has 128 valence electrons. The van der Waals surface area contributed by atoms with E-state index in [0.717, 1.165) is 11.4 Å². The van der Waals surface area contributed by atoms with Gasteiger partial charge in [-0.25, -0.2) is 0 Å². The molecule has 0 aliphatic heterocycles. The van der Waals surface area contributed by atoms with Gasteiger partial charge in [-0.2, -0.15) is 5.10 Å². The zero-order valence-corrected chi connectivity index (χ0v) is 13.7. The van der Waals surface area contributed by atoms with Gasteiger partial charge in [0.05, 0.1) is 5.69 Å². The van der Waals surface area contributed by atoms with Gasteiger partial charge in [0.15, 0.2) is 0 Å². The van der Waals surface area contributed by atoms with E-state index in [-0.39, 0.29) is 12.5 Å². The number of hydrogen-bond donors (Lipinski definition) is 2. The summed E-state index contributed by atoms with van der Waals surface area (Å²) in [5, 5.41) is 11.6. The molecular weight excluding hydrogens is 324 g/mol. The molecule has 0 saturated heterocycles. The van der Waals surface area contributed by atoms with Gasteiger partial charge in [-0.3, -0.25) is 25.1 Å². The molecule has 9 heteroatoms. The molecule has 0 unspecified atom stereocenters. The van der Waals surface area contributed by atoms with Crippen LogP contribution in [0.1, 0.15) is 21.7 Å². The first-order chi connectivity index (χ1) is 12.0. The zero-order valence-electron chi connectivity index (χ0n) is 13.7. The van der Waals surface area contributed by atoms with Gasteiger partial charge >= 0.3 is 0 Å². The second-order valence-electron chi connectivity index (χ2n) is 5.41. The Balaban J connectivity index is 1.55. The summed E-state index contributed by atoms with van der Waals surface area (Å²) in [6, 6.07) is 8.43. The van der Waals surface area contributed by atoms with E-state index in [1.807, 2.05) is 19.9 Å². The van der Waals surface area contributed by atoms with E-state index in [0.29, 0.717) is 17.0 Å². The molecule has 0 aliphatic rings. The van der Waals surface area contributed by atoms with E-state index < -0.39 is 5.91 Å². The summed E-state index contributed by atoms with van der Waals surface area (Å²) >= 11 is 0. The van der Waals surface area contributed by atoms with Crippen molar-refractivity contribution in [3.63, 3.8) is 0 Å². The molecule has 3 aromatic rings. The highest BCUT2D eigenvalue weighted by molar-refractivity contribution is 5.95. The third-order valence-electron chi connectivity index (χ3n) is 3.47. The maximum absolute atomic E-state index is 12.1. The van der Waals surface area contributed by atoms with Gasteiger partial charge in [-0.05, 0) is 44.2 Å². The number of rotatable bonds is 4. The average molecular weight is 340 g/mol. The van der Waals surface area contributed by atoms with Crippen molar-refractivity contribution in [1.82, 2.24) is 30.8 Å². The molecule has 0 atom stereocenters. The van der Waals surface area contributed by atoms with E-state index in [9.17, 15) is 9.59 Å². The van der Waals surface area contributed by atoms with Crippen molar-refractivity contribution in [2.24, 2.45) is 0 Å². The molecule has 9 nitrogen and oxygen atoms in total. The summed E-state index contributed by atoms with van der Waals surface area (Å²) in [4.78, 5) is 24.0. The van der Waals surface area contributed by atoms with Crippen LogP contribution in [0.3, 0.4) is 0 Å². The highest BCUT2D eigenvalue weighted by Gasteiger charge is 2.11. The quantitative estimate of drug-likeness (QED) is 0.685. The molecular formula is C16H16N6O3. The first-order valence-corrected chi connectivity index (χ1v) is 7.50. The van der Waals surface area contributed by atoms with Crippen LogP contribution in [0, 0.1) is 13.8 Å². The second kappa shape index (κ2) is 6.95. The van der Waals surface area contributed by atoms with Crippen molar-refractivity contribution >= 4 is 11.8 Å². The number of carbonyl (C=O) groups is 2. The van der Waals surface area contributed by atoms with E-state index in [4.69, 9.17) is 4.42 Å². The molecule has 0 fully saturated rings. The maximum Gasteiger partial charge on any atom is 0.269 e. The number of amides is 2. The maximum atomic E-state index is 12.1.